The van der Waals surface area contributed by atoms with Crippen molar-refractivity contribution >= 4 is 11.9 Å². The van der Waals surface area contributed by atoms with E-state index >= 15 is 0 Å². The van der Waals surface area contributed by atoms with Gasteiger partial charge in [-0.1, -0.05) is 19.4 Å². The van der Waals surface area contributed by atoms with Crippen LogP contribution < -0.4 is 0 Å². The molecular weight excluding hydrogens is 178 g/mol. The molecule has 0 saturated heterocycles. The van der Waals surface area contributed by atoms with Crippen LogP contribution in [-0.2, 0) is 0 Å². The minimum atomic E-state index is -5.07. The lowest BCUT2D eigenvalue weighted by atomic mass is 10.4. The third-order valence-electron chi connectivity index (χ3n) is 0.667. The van der Waals surface area contributed by atoms with E-state index in [1.165, 1.54) is 0 Å². The Bertz CT molecular complexity index is 176. The van der Waals surface area contributed by atoms with Gasteiger partial charge in [-0.2, -0.15) is 17.6 Å². The quantitative estimate of drug-likeness (QED) is 0.457. The highest BCUT2D eigenvalue weighted by Crippen LogP contribution is 2.20. The summed E-state index contributed by atoms with van der Waals surface area (Å²) in [5, 5.41) is 1.68. The van der Waals surface area contributed by atoms with E-state index in [4.69, 9.17) is 0 Å². The number of halogens is 6. The van der Waals surface area contributed by atoms with Gasteiger partial charge in [0.2, 0.25) is 0 Å². The van der Waals surface area contributed by atoms with E-state index in [-0.39, 0.29) is 0 Å². The Morgan fingerprint density at radius 1 is 0.909 bits per heavy atom. The molecule has 0 unspecified atom stereocenters. The summed E-state index contributed by atoms with van der Waals surface area (Å²) < 4.78 is 67.9. The first kappa shape index (κ1) is 9.92. The second-order valence-corrected chi connectivity index (χ2v) is 1.33. The first-order valence-corrected chi connectivity index (χ1v) is 2.04. The van der Waals surface area contributed by atoms with Gasteiger partial charge in [-0.25, -0.2) is 0 Å². The molecule has 0 atom stereocenters. The lowest BCUT2D eigenvalue weighted by Gasteiger charge is -2.04. The van der Waals surface area contributed by atoms with E-state index < -0.39 is 17.9 Å². The van der Waals surface area contributed by atoms with Gasteiger partial charge in [0.05, 0.1) is 0 Å². The summed E-state index contributed by atoms with van der Waals surface area (Å²) in [6, 6.07) is 0. The maximum Gasteiger partial charge on any atom is 0.388 e. The molecule has 8 heteroatoms. The number of hydrogen-bond donors (Lipinski definition) is 0. The van der Waals surface area contributed by atoms with Crippen LogP contribution >= 0.6 is 0 Å². The highest BCUT2D eigenvalue weighted by molar-refractivity contribution is 6.05. The first-order chi connectivity index (χ1) is 4.96. The SMILES string of the molecule is FN=C(F)C(F)(F)C(F)=NF. The average molecular weight is 178 g/mol. The van der Waals surface area contributed by atoms with Crippen molar-refractivity contribution in [1.29, 1.82) is 0 Å². The Balaban J connectivity index is 4.73. The predicted molar refractivity (Wildman–Crippen MR) is 24.2 cm³/mol. The van der Waals surface area contributed by atoms with Crippen LogP contribution in [0.25, 0.3) is 0 Å². The van der Waals surface area contributed by atoms with Gasteiger partial charge in [-0.3, -0.25) is 0 Å². The van der Waals surface area contributed by atoms with E-state index in [9.17, 15) is 26.5 Å². The normalized spacial score (nSPS) is 15.5. The third kappa shape index (κ3) is 1.92. The lowest BCUT2D eigenvalue weighted by molar-refractivity contribution is 0.125. The van der Waals surface area contributed by atoms with Crippen molar-refractivity contribution in [2.75, 3.05) is 0 Å². The van der Waals surface area contributed by atoms with Crippen molar-refractivity contribution in [2.45, 2.75) is 5.92 Å². The van der Waals surface area contributed by atoms with Crippen molar-refractivity contribution in [3.8, 4) is 0 Å². The minimum absolute atomic E-state index is 0.842. The van der Waals surface area contributed by atoms with Crippen LogP contribution in [0, 0.1) is 0 Å². The van der Waals surface area contributed by atoms with Gasteiger partial charge in [-0.05, 0) is 0 Å². The Hall–Kier alpha value is -1.08. The largest absolute Gasteiger partial charge is 0.388 e. The van der Waals surface area contributed by atoms with Crippen molar-refractivity contribution < 1.29 is 26.5 Å². The van der Waals surface area contributed by atoms with Crippen LogP contribution in [-0.4, -0.2) is 17.9 Å². The molecule has 0 aliphatic heterocycles. The summed E-state index contributed by atoms with van der Waals surface area (Å²) in [5.41, 5.74) is 0. The van der Waals surface area contributed by atoms with Crippen LogP contribution in [0.3, 0.4) is 0 Å². The molecule has 0 radical (unpaired) electrons. The summed E-state index contributed by atoms with van der Waals surface area (Å²) in [5.74, 6) is -11.0. The second-order valence-electron chi connectivity index (χ2n) is 1.33. The summed E-state index contributed by atoms with van der Waals surface area (Å²) in [6.07, 6.45) is 0. The molecule has 0 aromatic rings. The van der Waals surface area contributed by atoms with Crippen LogP contribution in [0.2, 0.25) is 0 Å². The van der Waals surface area contributed by atoms with Gasteiger partial charge in [0.25, 0.3) is 11.9 Å². The first-order valence-electron chi connectivity index (χ1n) is 2.04. The van der Waals surface area contributed by atoms with Crippen LogP contribution in [0.15, 0.2) is 10.4 Å². The summed E-state index contributed by atoms with van der Waals surface area (Å²) in [4.78, 5) is 0. The van der Waals surface area contributed by atoms with E-state index in [1.54, 1.807) is 0 Å². The number of rotatable bonds is 2. The topological polar surface area (TPSA) is 24.7 Å². The molecule has 2 nitrogen and oxygen atoms in total. The van der Waals surface area contributed by atoms with Crippen molar-refractivity contribution in [3.63, 3.8) is 0 Å². The molecule has 0 rings (SSSR count). The van der Waals surface area contributed by atoms with E-state index in [0.29, 0.717) is 0 Å². The Kier molecular flexibility index (Phi) is 3.02. The molecule has 0 aliphatic carbocycles. The molecule has 0 saturated carbocycles. The molecule has 0 spiro atoms. The molecular formula is C3F6N2. The number of alkyl halides is 2. The van der Waals surface area contributed by atoms with E-state index in [2.05, 4.69) is 0 Å². The molecule has 64 valence electrons. The molecule has 0 aromatic heterocycles. The molecule has 0 fully saturated rings. The standard InChI is InChI=1S/C3F6N2/c4-1(10-8)3(6,7)2(5)11-9. The average Bonchev–Trinajstić information content (AvgIpc) is 2.01. The zero-order valence-corrected chi connectivity index (χ0v) is 4.66. The highest BCUT2D eigenvalue weighted by Gasteiger charge is 2.45. The van der Waals surface area contributed by atoms with Crippen LogP contribution in [0.4, 0.5) is 26.5 Å². The van der Waals surface area contributed by atoms with Gasteiger partial charge in [0.1, 0.15) is 0 Å². The zero-order valence-electron chi connectivity index (χ0n) is 4.66. The maximum absolute atomic E-state index is 11.7. The monoisotopic (exact) mass is 178 g/mol. The Morgan fingerprint density at radius 3 is 1.36 bits per heavy atom. The smallest absolute Gasteiger partial charge is 0.186 e. The Labute approximate surface area is 56.1 Å². The molecule has 0 amide bonds. The van der Waals surface area contributed by atoms with Crippen molar-refractivity contribution in [3.05, 3.63) is 0 Å². The minimum Gasteiger partial charge on any atom is -0.186 e. The number of hydrogen-bond acceptors (Lipinski definition) is 2. The van der Waals surface area contributed by atoms with Crippen LogP contribution in [0.5, 0.6) is 0 Å². The Morgan fingerprint density at radius 2 is 1.18 bits per heavy atom. The lowest BCUT2D eigenvalue weighted by Crippen LogP contribution is -2.32. The summed E-state index contributed by atoms with van der Waals surface area (Å²) >= 11 is 0. The molecule has 11 heavy (non-hydrogen) atoms. The molecule has 0 bridgehead atoms. The maximum atomic E-state index is 11.7. The van der Waals surface area contributed by atoms with Gasteiger partial charge in [0, 0.05) is 0 Å². The van der Waals surface area contributed by atoms with Gasteiger partial charge in [0.15, 0.2) is 0 Å². The van der Waals surface area contributed by atoms with E-state index in [0.717, 1.165) is 10.4 Å². The number of nitrogens with zero attached hydrogens (tertiary/aromatic N) is 2. The zero-order chi connectivity index (χ0) is 9.07. The van der Waals surface area contributed by atoms with Gasteiger partial charge in [-0.15, -0.1) is 0 Å². The third-order valence-corrected chi connectivity index (χ3v) is 0.667. The van der Waals surface area contributed by atoms with Crippen molar-refractivity contribution in [1.82, 2.24) is 0 Å². The van der Waals surface area contributed by atoms with Gasteiger partial charge >= 0.3 is 5.92 Å². The van der Waals surface area contributed by atoms with Crippen molar-refractivity contribution in [2.24, 2.45) is 10.4 Å². The summed E-state index contributed by atoms with van der Waals surface area (Å²) in [6.45, 7) is 0. The van der Waals surface area contributed by atoms with Gasteiger partial charge < -0.3 is 0 Å². The van der Waals surface area contributed by atoms with E-state index in [1.807, 2.05) is 0 Å². The van der Waals surface area contributed by atoms with Crippen LogP contribution in [0.1, 0.15) is 0 Å². The highest BCUT2D eigenvalue weighted by atomic mass is 19.3. The fourth-order valence-corrected chi connectivity index (χ4v) is 0.191. The predicted octanol–water partition coefficient (Wildman–Crippen LogP) is 2.13. The fourth-order valence-electron chi connectivity index (χ4n) is 0.191. The molecule has 0 N–H and O–H groups in total. The fraction of sp³-hybridized carbons (Fsp3) is 0.333. The summed E-state index contributed by atoms with van der Waals surface area (Å²) in [7, 11) is 0. The second kappa shape index (κ2) is 3.35. The molecule has 0 aromatic carbocycles. The molecule has 0 aliphatic rings. The molecule has 0 heterocycles.